The van der Waals surface area contributed by atoms with Crippen molar-refractivity contribution in [1.82, 2.24) is 9.22 Å². The first-order valence-electron chi connectivity index (χ1n) is 15.7. The van der Waals surface area contributed by atoms with Crippen LogP contribution >= 0.6 is 15.9 Å². The van der Waals surface area contributed by atoms with E-state index in [9.17, 15) is 5.11 Å². The number of halogens is 1. The summed E-state index contributed by atoms with van der Waals surface area (Å²) in [5, 5.41) is 13.4. The summed E-state index contributed by atoms with van der Waals surface area (Å²) in [4.78, 5) is 5.02. The van der Waals surface area contributed by atoms with Crippen LogP contribution in [0.3, 0.4) is 0 Å². The van der Waals surface area contributed by atoms with E-state index in [0.29, 0.717) is 28.5 Å². The van der Waals surface area contributed by atoms with Crippen LogP contribution in [0.4, 0.5) is 0 Å². The molecule has 216 valence electrons. The van der Waals surface area contributed by atoms with Crippen molar-refractivity contribution in [3.05, 3.63) is 28.5 Å². The van der Waals surface area contributed by atoms with Crippen LogP contribution in [-0.2, 0) is 9.47 Å². The molecule has 2 aromatic rings. The van der Waals surface area contributed by atoms with Crippen molar-refractivity contribution in [1.29, 1.82) is 0 Å². The second-order valence-electron chi connectivity index (χ2n) is 14.4. The van der Waals surface area contributed by atoms with E-state index in [0.717, 1.165) is 59.3 Å². The molecule has 39 heavy (non-hydrogen) atoms. The second kappa shape index (κ2) is 10.5. The smallest absolute Gasteiger partial charge is 0.171 e. The van der Waals surface area contributed by atoms with Crippen molar-refractivity contribution < 1.29 is 14.6 Å². The molecule has 4 bridgehead atoms. The average Bonchev–Trinajstić information content (AvgIpc) is 3.27. The average molecular weight is 618 g/mol. The van der Waals surface area contributed by atoms with Gasteiger partial charge >= 0.3 is 0 Å². The van der Waals surface area contributed by atoms with Crippen molar-refractivity contribution >= 4 is 35.2 Å². The standard InChI is InChI=1S/C32H49BrN2O3Si/c1-19(2)39(20(3)4,21(5)6)35-11-10-25-29(26(33)18-34-31(25)35)30(36)28-23-13-22-14-24(28)17-32(15-22,16-23)38-27-9-7-8-12-37-27/h10-11,18-24,27-28,30,36H,7-9,12-17H2,1-6H3. The monoisotopic (exact) mass is 616 g/mol. The van der Waals surface area contributed by atoms with Gasteiger partial charge in [0, 0.05) is 28.2 Å². The van der Waals surface area contributed by atoms with E-state index in [1.54, 1.807) is 0 Å². The first-order valence-corrected chi connectivity index (χ1v) is 18.7. The molecule has 7 heteroatoms. The van der Waals surface area contributed by atoms with Gasteiger partial charge in [0.05, 0.1) is 11.7 Å². The third kappa shape index (κ3) is 4.52. The van der Waals surface area contributed by atoms with Gasteiger partial charge in [0.25, 0.3) is 0 Å². The number of aliphatic hydroxyl groups is 1. The Morgan fingerprint density at radius 2 is 1.72 bits per heavy atom. The van der Waals surface area contributed by atoms with E-state index in [-0.39, 0.29) is 17.8 Å². The molecule has 5 fully saturated rings. The van der Waals surface area contributed by atoms with Gasteiger partial charge in [-0.2, -0.15) is 0 Å². The fourth-order valence-corrected chi connectivity index (χ4v) is 17.6. The fourth-order valence-electron chi connectivity index (χ4n) is 10.5. The topological polar surface area (TPSA) is 56.5 Å². The lowest BCUT2D eigenvalue weighted by molar-refractivity contribution is -0.277. The maximum Gasteiger partial charge on any atom is 0.171 e. The van der Waals surface area contributed by atoms with Crippen LogP contribution < -0.4 is 0 Å². The summed E-state index contributed by atoms with van der Waals surface area (Å²) in [5.74, 6) is 2.01. The molecule has 5 nitrogen and oxygen atoms in total. The molecule has 1 aliphatic heterocycles. The minimum Gasteiger partial charge on any atom is -0.388 e. The quantitative estimate of drug-likeness (QED) is 0.302. The predicted octanol–water partition coefficient (Wildman–Crippen LogP) is 8.59. The van der Waals surface area contributed by atoms with Gasteiger partial charge in [-0.15, -0.1) is 0 Å². The lowest BCUT2D eigenvalue weighted by atomic mass is 9.48. The highest BCUT2D eigenvalue weighted by atomic mass is 79.9. The number of hydrogen-bond donors (Lipinski definition) is 1. The van der Waals surface area contributed by atoms with Crippen LogP contribution in [0, 0.1) is 23.7 Å². The van der Waals surface area contributed by atoms with Gasteiger partial charge in [-0.1, -0.05) is 41.5 Å². The molecule has 1 N–H and O–H groups in total. The van der Waals surface area contributed by atoms with Gasteiger partial charge in [-0.3, -0.25) is 0 Å². The summed E-state index contributed by atoms with van der Waals surface area (Å²) in [6.07, 6.45) is 12.9. The number of aromatic nitrogens is 2. The Morgan fingerprint density at radius 1 is 1.05 bits per heavy atom. The summed E-state index contributed by atoms with van der Waals surface area (Å²) in [7, 11) is -1.96. The molecule has 0 amide bonds. The van der Waals surface area contributed by atoms with E-state index in [2.05, 4.69) is 74.0 Å². The third-order valence-corrected chi connectivity index (χ3v) is 18.7. The Labute approximate surface area is 244 Å². The molecule has 0 spiro atoms. The van der Waals surface area contributed by atoms with E-state index in [1.165, 1.54) is 25.7 Å². The summed E-state index contributed by atoms with van der Waals surface area (Å²) in [6, 6.07) is 2.25. The predicted molar refractivity (Wildman–Crippen MR) is 163 cm³/mol. The highest BCUT2D eigenvalue weighted by Gasteiger charge is 2.58. The van der Waals surface area contributed by atoms with Crippen LogP contribution in [0.2, 0.25) is 16.6 Å². The maximum atomic E-state index is 12.3. The van der Waals surface area contributed by atoms with Crippen LogP contribution in [0.25, 0.3) is 11.0 Å². The van der Waals surface area contributed by atoms with E-state index < -0.39 is 14.3 Å². The van der Waals surface area contributed by atoms with Crippen LogP contribution in [0.5, 0.6) is 0 Å². The first kappa shape index (κ1) is 28.4. The van der Waals surface area contributed by atoms with Gasteiger partial charge in [0.2, 0.25) is 0 Å². The number of rotatable bonds is 8. The number of fused-ring (bicyclic) bond motifs is 1. The van der Waals surface area contributed by atoms with Crippen LogP contribution in [0.1, 0.15) is 105 Å². The highest BCUT2D eigenvalue weighted by molar-refractivity contribution is 9.10. The van der Waals surface area contributed by atoms with Crippen molar-refractivity contribution in [3.63, 3.8) is 0 Å². The van der Waals surface area contributed by atoms with Crippen molar-refractivity contribution in [2.75, 3.05) is 6.61 Å². The molecule has 7 rings (SSSR count). The first-order chi connectivity index (χ1) is 18.6. The molecule has 4 saturated carbocycles. The Balaban J connectivity index is 1.34. The van der Waals surface area contributed by atoms with Crippen LogP contribution in [0.15, 0.2) is 22.9 Å². The molecule has 4 atom stereocenters. The maximum absolute atomic E-state index is 12.3. The van der Waals surface area contributed by atoms with Gasteiger partial charge in [-0.05, 0) is 120 Å². The number of aliphatic hydroxyl groups excluding tert-OH is 1. The Bertz CT molecular complexity index is 1150. The summed E-state index contributed by atoms with van der Waals surface area (Å²) < 4.78 is 16.4. The van der Waals surface area contributed by atoms with Gasteiger partial charge in [-0.25, -0.2) is 4.98 Å². The minimum atomic E-state index is -1.96. The SMILES string of the molecule is CC(C)[Si](C(C)C)(C(C)C)n1ccc2c(C(O)C3C4CC5CC3CC(OC3CCCCO3)(C5)C4)c(Br)cnc21. The zero-order chi connectivity index (χ0) is 27.7. The fraction of sp³-hybridized carbons (Fsp3) is 0.781. The van der Waals surface area contributed by atoms with Gasteiger partial charge in [0.1, 0.15) is 5.65 Å². The van der Waals surface area contributed by atoms with E-state index >= 15 is 0 Å². The molecule has 3 heterocycles. The molecule has 5 aliphatic rings. The normalized spacial score (nSPS) is 33.7. The van der Waals surface area contributed by atoms with Gasteiger partial charge < -0.3 is 18.8 Å². The summed E-state index contributed by atoms with van der Waals surface area (Å²) >= 11 is 3.85. The zero-order valence-electron chi connectivity index (χ0n) is 24.8. The number of nitrogens with zero attached hydrogens (tertiary/aromatic N) is 2. The number of pyridine rings is 1. The van der Waals surface area contributed by atoms with Crippen LogP contribution in [-0.4, -0.2) is 41.1 Å². The Hall–Kier alpha value is -0.733. The zero-order valence-corrected chi connectivity index (χ0v) is 27.4. The molecule has 0 radical (unpaired) electrons. The molecule has 0 aromatic carbocycles. The summed E-state index contributed by atoms with van der Waals surface area (Å²) in [5.41, 5.74) is 3.83. The second-order valence-corrected chi connectivity index (χ2v) is 21.0. The largest absolute Gasteiger partial charge is 0.388 e. The molecule has 1 saturated heterocycles. The lowest BCUT2D eigenvalue weighted by Gasteiger charge is -2.61. The molecule has 4 aliphatic carbocycles. The van der Waals surface area contributed by atoms with Crippen molar-refractivity contribution in [2.45, 2.75) is 128 Å². The lowest BCUT2D eigenvalue weighted by Crippen LogP contribution is -2.58. The van der Waals surface area contributed by atoms with E-state index in [4.69, 9.17) is 14.5 Å². The molecular weight excluding hydrogens is 568 g/mol. The molecule has 2 aromatic heterocycles. The van der Waals surface area contributed by atoms with Crippen molar-refractivity contribution in [2.24, 2.45) is 23.7 Å². The minimum absolute atomic E-state index is 0.0283. The Morgan fingerprint density at radius 3 is 2.31 bits per heavy atom. The highest BCUT2D eigenvalue weighted by Crippen LogP contribution is 2.63. The Kier molecular flexibility index (Phi) is 7.66. The number of hydrogen-bond acceptors (Lipinski definition) is 4. The molecule has 4 unspecified atom stereocenters. The third-order valence-electron chi connectivity index (χ3n) is 11.4. The number of ether oxygens (including phenoxy) is 2. The molecular formula is C32H49BrN2O3Si. The van der Waals surface area contributed by atoms with E-state index in [1.807, 2.05) is 6.20 Å². The summed E-state index contributed by atoms with van der Waals surface area (Å²) in [6.45, 7) is 15.2. The van der Waals surface area contributed by atoms with Gasteiger partial charge in [0.15, 0.2) is 14.5 Å². The van der Waals surface area contributed by atoms with Crippen molar-refractivity contribution in [3.8, 4) is 0 Å².